The van der Waals surface area contributed by atoms with Crippen molar-refractivity contribution in [2.45, 2.75) is 38.5 Å². The molecule has 28 heavy (non-hydrogen) atoms. The van der Waals surface area contributed by atoms with Crippen molar-refractivity contribution >= 4 is 28.5 Å². The van der Waals surface area contributed by atoms with E-state index in [0.717, 1.165) is 64.0 Å². The third kappa shape index (κ3) is 3.49. The van der Waals surface area contributed by atoms with Crippen molar-refractivity contribution in [1.29, 1.82) is 0 Å². The van der Waals surface area contributed by atoms with Crippen molar-refractivity contribution < 1.29 is 9.53 Å². The molecule has 0 amide bonds. The molecule has 3 aromatic rings. The summed E-state index contributed by atoms with van der Waals surface area (Å²) in [5.41, 5.74) is 5.20. The second-order valence-corrected chi connectivity index (χ2v) is 7.91. The predicted octanol–water partition coefficient (Wildman–Crippen LogP) is 5.71. The van der Waals surface area contributed by atoms with Gasteiger partial charge in [0.2, 0.25) is 0 Å². The maximum atomic E-state index is 12.1. The van der Waals surface area contributed by atoms with E-state index >= 15 is 0 Å². The molecule has 2 unspecified atom stereocenters. The van der Waals surface area contributed by atoms with Gasteiger partial charge < -0.3 is 4.74 Å². The van der Waals surface area contributed by atoms with E-state index in [0.29, 0.717) is 0 Å². The molecule has 1 aliphatic rings. The lowest BCUT2D eigenvalue weighted by Crippen LogP contribution is -2.23. The van der Waals surface area contributed by atoms with Crippen LogP contribution in [0.2, 0.25) is 5.02 Å². The first-order valence-corrected chi connectivity index (χ1v) is 10.0. The van der Waals surface area contributed by atoms with Crippen LogP contribution in [0, 0.1) is 12.8 Å². The molecule has 2 aromatic carbocycles. The summed E-state index contributed by atoms with van der Waals surface area (Å²) >= 11 is 6.23. The van der Waals surface area contributed by atoms with E-state index in [1.165, 1.54) is 7.11 Å². The van der Waals surface area contributed by atoms with Crippen molar-refractivity contribution in [1.82, 2.24) is 9.97 Å². The van der Waals surface area contributed by atoms with Crippen LogP contribution in [0.1, 0.15) is 42.9 Å². The van der Waals surface area contributed by atoms with Crippen LogP contribution in [-0.2, 0) is 9.53 Å². The lowest BCUT2D eigenvalue weighted by Gasteiger charge is -2.28. The Morgan fingerprint density at radius 2 is 2.04 bits per heavy atom. The third-order valence-electron chi connectivity index (χ3n) is 5.76. The van der Waals surface area contributed by atoms with Gasteiger partial charge in [-0.05, 0) is 61.1 Å². The number of aryl methyl sites for hydroxylation is 1. The van der Waals surface area contributed by atoms with Crippen molar-refractivity contribution in [2.75, 3.05) is 7.11 Å². The van der Waals surface area contributed by atoms with E-state index < -0.39 is 0 Å². The summed E-state index contributed by atoms with van der Waals surface area (Å²) in [6.07, 6.45) is 5.31. The SMILES string of the molecule is COC(=O)C1CCCC(c2ncnc3cccc(-c4ccc(Cl)c(C)c4)c23)C1. The zero-order chi connectivity index (χ0) is 19.7. The molecule has 0 saturated heterocycles. The largest absolute Gasteiger partial charge is 0.469 e. The van der Waals surface area contributed by atoms with Gasteiger partial charge in [0.25, 0.3) is 0 Å². The number of fused-ring (bicyclic) bond motifs is 1. The number of methoxy groups -OCH3 is 1. The molecule has 0 radical (unpaired) electrons. The smallest absolute Gasteiger partial charge is 0.308 e. The van der Waals surface area contributed by atoms with Crippen LogP contribution in [0.3, 0.4) is 0 Å². The van der Waals surface area contributed by atoms with Crippen molar-refractivity contribution in [3.05, 3.63) is 59.0 Å². The highest BCUT2D eigenvalue weighted by Gasteiger charge is 2.31. The number of halogens is 1. The molecule has 4 rings (SSSR count). The van der Waals surface area contributed by atoms with Crippen LogP contribution >= 0.6 is 11.6 Å². The zero-order valence-corrected chi connectivity index (χ0v) is 16.9. The molecule has 144 valence electrons. The number of esters is 1. The number of hydrogen-bond acceptors (Lipinski definition) is 4. The van der Waals surface area contributed by atoms with Gasteiger partial charge in [-0.2, -0.15) is 0 Å². The van der Waals surface area contributed by atoms with Gasteiger partial charge >= 0.3 is 5.97 Å². The molecule has 1 saturated carbocycles. The number of ether oxygens (including phenoxy) is 1. The summed E-state index contributed by atoms with van der Waals surface area (Å²) in [6.45, 7) is 2.01. The maximum Gasteiger partial charge on any atom is 0.308 e. The minimum absolute atomic E-state index is 0.0568. The Hall–Kier alpha value is -2.46. The number of aromatic nitrogens is 2. The maximum absolute atomic E-state index is 12.1. The van der Waals surface area contributed by atoms with Crippen LogP contribution in [0.5, 0.6) is 0 Å². The van der Waals surface area contributed by atoms with Gasteiger partial charge in [-0.1, -0.05) is 36.2 Å². The van der Waals surface area contributed by atoms with Crippen LogP contribution in [-0.4, -0.2) is 23.0 Å². The summed E-state index contributed by atoms with van der Waals surface area (Å²) in [4.78, 5) is 21.3. The van der Waals surface area contributed by atoms with Gasteiger partial charge in [-0.3, -0.25) is 4.79 Å². The Labute approximate surface area is 169 Å². The van der Waals surface area contributed by atoms with E-state index in [2.05, 4.69) is 22.1 Å². The topological polar surface area (TPSA) is 52.1 Å². The molecular weight excluding hydrogens is 372 g/mol. The Bertz CT molecular complexity index is 1030. The van der Waals surface area contributed by atoms with Gasteiger partial charge in [0, 0.05) is 16.3 Å². The monoisotopic (exact) mass is 394 g/mol. The predicted molar refractivity (Wildman–Crippen MR) is 111 cm³/mol. The first kappa shape index (κ1) is 18.9. The highest BCUT2D eigenvalue weighted by molar-refractivity contribution is 6.31. The van der Waals surface area contributed by atoms with E-state index in [4.69, 9.17) is 16.3 Å². The Balaban J connectivity index is 1.83. The summed E-state index contributed by atoms with van der Waals surface area (Å²) in [5, 5.41) is 1.83. The Morgan fingerprint density at radius 1 is 1.18 bits per heavy atom. The molecule has 0 spiro atoms. The number of carbonyl (C=O) groups excluding carboxylic acids is 1. The molecule has 1 fully saturated rings. The third-order valence-corrected chi connectivity index (χ3v) is 6.18. The summed E-state index contributed by atoms with van der Waals surface area (Å²) < 4.78 is 4.99. The minimum Gasteiger partial charge on any atom is -0.469 e. The van der Waals surface area contributed by atoms with E-state index in [9.17, 15) is 4.79 Å². The molecule has 1 aliphatic carbocycles. The molecule has 5 heteroatoms. The highest BCUT2D eigenvalue weighted by atomic mass is 35.5. The molecule has 0 aliphatic heterocycles. The molecule has 1 aromatic heterocycles. The average Bonchev–Trinajstić information content (AvgIpc) is 2.74. The fourth-order valence-electron chi connectivity index (χ4n) is 4.32. The highest BCUT2D eigenvalue weighted by Crippen LogP contribution is 2.41. The molecular formula is C23H23ClN2O2. The lowest BCUT2D eigenvalue weighted by molar-refractivity contribution is -0.146. The number of carbonyl (C=O) groups is 1. The van der Waals surface area contributed by atoms with Gasteiger partial charge in [0.15, 0.2) is 0 Å². The van der Waals surface area contributed by atoms with Crippen molar-refractivity contribution in [3.63, 3.8) is 0 Å². The molecule has 4 nitrogen and oxygen atoms in total. The normalized spacial score (nSPS) is 19.5. The zero-order valence-electron chi connectivity index (χ0n) is 16.1. The van der Waals surface area contributed by atoms with Crippen LogP contribution in [0.15, 0.2) is 42.7 Å². The molecule has 2 atom stereocenters. The Morgan fingerprint density at radius 3 is 2.82 bits per heavy atom. The van der Waals surface area contributed by atoms with Crippen LogP contribution in [0.4, 0.5) is 0 Å². The molecule has 0 N–H and O–H groups in total. The summed E-state index contributed by atoms with van der Waals surface area (Å²) in [7, 11) is 1.47. The van der Waals surface area contributed by atoms with Gasteiger partial charge in [-0.15, -0.1) is 0 Å². The standard InChI is InChI=1S/C23H23ClN2O2/c1-14-11-15(9-10-19(14)24)18-7-4-8-20-21(18)22(26-13-25-20)16-5-3-6-17(12-16)23(27)28-2/h4,7-11,13,16-17H,3,5-6,12H2,1-2H3. The number of rotatable bonds is 3. The number of benzene rings is 2. The van der Waals surface area contributed by atoms with E-state index in [-0.39, 0.29) is 17.8 Å². The van der Waals surface area contributed by atoms with E-state index in [1.807, 2.05) is 31.2 Å². The summed E-state index contributed by atoms with van der Waals surface area (Å²) in [5.74, 6) is 0.0493. The van der Waals surface area contributed by atoms with Gasteiger partial charge in [-0.25, -0.2) is 9.97 Å². The lowest BCUT2D eigenvalue weighted by atomic mass is 9.78. The Kier molecular flexibility index (Phi) is 5.31. The van der Waals surface area contributed by atoms with Crippen molar-refractivity contribution in [3.8, 4) is 11.1 Å². The van der Waals surface area contributed by atoms with Crippen LogP contribution in [0.25, 0.3) is 22.0 Å². The summed E-state index contributed by atoms with van der Waals surface area (Å²) in [6, 6.07) is 12.2. The second-order valence-electron chi connectivity index (χ2n) is 7.51. The number of nitrogens with zero attached hydrogens (tertiary/aromatic N) is 2. The van der Waals surface area contributed by atoms with Crippen LogP contribution < -0.4 is 0 Å². The first-order chi connectivity index (χ1) is 13.6. The molecule has 1 heterocycles. The quantitative estimate of drug-likeness (QED) is 0.534. The number of hydrogen-bond donors (Lipinski definition) is 0. The average molecular weight is 395 g/mol. The van der Waals surface area contributed by atoms with Gasteiger partial charge in [0.05, 0.1) is 24.2 Å². The van der Waals surface area contributed by atoms with Crippen molar-refractivity contribution in [2.24, 2.45) is 5.92 Å². The minimum atomic E-state index is -0.114. The second kappa shape index (κ2) is 7.88. The fraction of sp³-hybridized carbons (Fsp3) is 0.348. The first-order valence-electron chi connectivity index (χ1n) is 9.66. The fourth-order valence-corrected chi connectivity index (χ4v) is 4.43. The van der Waals surface area contributed by atoms with Gasteiger partial charge in [0.1, 0.15) is 6.33 Å². The van der Waals surface area contributed by atoms with E-state index in [1.54, 1.807) is 6.33 Å². The molecule has 0 bridgehead atoms.